The molecule has 4 nitrogen and oxygen atoms in total. The summed E-state index contributed by atoms with van der Waals surface area (Å²) in [7, 11) is 4.09. The Kier molecular flexibility index (Phi) is 3.03. The van der Waals surface area contributed by atoms with Crippen molar-refractivity contribution in [1.82, 2.24) is 14.4 Å². The van der Waals surface area contributed by atoms with Gasteiger partial charge in [0.15, 0.2) is 0 Å². The minimum Gasteiger partial charge on any atom is -0.350 e. The predicted molar refractivity (Wildman–Crippen MR) is 76.3 cm³/mol. The van der Waals surface area contributed by atoms with Crippen molar-refractivity contribution >= 4 is 16.8 Å². The van der Waals surface area contributed by atoms with Gasteiger partial charge in [0.1, 0.15) is 0 Å². The zero-order valence-corrected chi connectivity index (χ0v) is 11.5. The van der Waals surface area contributed by atoms with Gasteiger partial charge in [-0.25, -0.2) is 0 Å². The van der Waals surface area contributed by atoms with Gasteiger partial charge in [-0.15, -0.1) is 0 Å². The summed E-state index contributed by atoms with van der Waals surface area (Å²) < 4.78 is 2.03. The van der Waals surface area contributed by atoms with Crippen LogP contribution in [0.25, 0.3) is 10.9 Å². The molecule has 1 aliphatic heterocycles. The molecular weight excluding hydrogens is 238 g/mol. The SMILES string of the molecule is CN1CCN(C(=O)c2cccc3ccn(C)c23)CC1. The van der Waals surface area contributed by atoms with E-state index in [1.807, 2.05) is 34.8 Å². The van der Waals surface area contributed by atoms with Crippen molar-refractivity contribution in [2.24, 2.45) is 7.05 Å². The first kappa shape index (κ1) is 12.2. The third-order valence-electron chi connectivity index (χ3n) is 3.92. The van der Waals surface area contributed by atoms with Gasteiger partial charge in [0.25, 0.3) is 5.91 Å². The highest BCUT2D eigenvalue weighted by atomic mass is 16.2. The number of hydrogen-bond acceptors (Lipinski definition) is 2. The van der Waals surface area contributed by atoms with Crippen molar-refractivity contribution in [2.45, 2.75) is 0 Å². The van der Waals surface area contributed by atoms with E-state index in [1.165, 1.54) is 0 Å². The minimum absolute atomic E-state index is 0.153. The predicted octanol–water partition coefficient (Wildman–Crippen LogP) is 1.57. The summed E-state index contributed by atoms with van der Waals surface area (Å²) in [6.45, 7) is 3.54. The molecule has 0 radical (unpaired) electrons. The molecule has 2 heterocycles. The van der Waals surface area contributed by atoms with Gasteiger partial charge in [-0.2, -0.15) is 0 Å². The zero-order chi connectivity index (χ0) is 13.4. The van der Waals surface area contributed by atoms with Gasteiger partial charge in [-0.3, -0.25) is 4.79 Å². The molecule has 0 aliphatic carbocycles. The maximum Gasteiger partial charge on any atom is 0.256 e. The van der Waals surface area contributed by atoms with E-state index >= 15 is 0 Å². The van der Waals surface area contributed by atoms with E-state index in [2.05, 4.69) is 24.1 Å². The number of nitrogens with zero attached hydrogens (tertiary/aromatic N) is 3. The Labute approximate surface area is 113 Å². The minimum atomic E-state index is 0.153. The lowest BCUT2D eigenvalue weighted by Gasteiger charge is -2.32. The number of amides is 1. The molecule has 0 saturated carbocycles. The monoisotopic (exact) mass is 257 g/mol. The molecule has 2 aromatic rings. The summed E-state index contributed by atoms with van der Waals surface area (Å²) in [5, 5.41) is 1.13. The number of aryl methyl sites for hydroxylation is 1. The van der Waals surface area contributed by atoms with Crippen LogP contribution >= 0.6 is 0 Å². The molecule has 1 aliphatic rings. The Morgan fingerprint density at radius 1 is 1.05 bits per heavy atom. The lowest BCUT2D eigenvalue weighted by atomic mass is 10.1. The highest BCUT2D eigenvalue weighted by Crippen LogP contribution is 2.21. The van der Waals surface area contributed by atoms with Crippen molar-refractivity contribution in [3.05, 3.63) is 36.0 Å². The maximum atomic E-state index is 12.7. The van der Waals surface area contributed by atoms with Crippen LogP contribution in [0.15, 0.2) is 30.5 Å². The van der Waals surface area contributed by atoms with Crippen LogP contribution < -0.4 is 0 Å². The van der Waals surface area contributed by atoms with E-state index in [0.717, 1.165) is 42.6 Å². The third-order valence-corrected chi connectivity index (χ3v) is 3.92. The van der Waals surface area contributed by atoms with Crippen LogP contribution in [0.5, 0.6) is 0 Å². The van der Waals surface area contributed by atoms with Crippen LogP contribution in [0.4, 0.5) is 0 Å². The molecule has 0 atom stereocenters. The summed E-state index contributed by atoms with van der Waals surface area (Å²) in [5.41, 5.74) is 1.85. The Bertz CT molecular complexity index is 609. The highest BCUT2D eigenvalue weighted by Gasteiger charge is 2.22. The number of carbonyl (C=O) groups excluding carboxylic acids is 1. The topological polar surface area (TPSA) is 28.5 Å². The standard InChI is InChI=1S/C15H19N3O/c1-16-8-10-18(11-9-16)15(19)13-5-3-4-12-6-7-17(2)14(12)13/h3-7H,8-11H2,1-2H3. The second kappa shape index (κ2) is 4.70. The fourth-order valence-corrected chi connectivity index (χ4v) is 2.71. The number of rotatable bonds is 1. The zero-order valence-electron chi connectivity index (χ0n) is 11.5. The number of carbonyl (C=O) groups is 1. The summed E-state index contributed by atoms with van der Waals surface area (Å²) in [5.74, 6) is 0.153. The average molecular weight is 257 g/mol. The molecule has 100 valence electrons. The van der Waals surface area contributed by atoms with Crippen molar-refractivity contribution in [1.29, 1.82) is 0 Å². The van der Waals surface area contributed by atoms with E-state index in [1.54, 1.807) is 0 Å². The first-order valence-electron chi connectivity index (χ1n) is 6.68. The largest absolute Gasteiger partial charge is 0.350 e. The van der Waals surface area contributed by atoms with Crippen LogP contribution in [-0.4, -0.2) is 53.5 Å². The molecule has 19 heavy (non-hydrogen) atoms. The van der Waals surface area contributed by atoms with Crippen LogP contribution in [-0.2, 0) is 7.05 Å². The molecule has 1 saturated heterocycles. The Balaban J connectivity index is 1.95. The van der Waals surface area contributed by atoms with Gasteiger partial charge in [-0.1, -0.05) is 12.1 Å². The van der Waals surface area contributed by atoms with Crippen LogP contribution in [0.3, 0.4) is 0 Å². The molecule has 0 unspecified atom stereocenters. The van der Waals surface area contributed by atoms with Gasteiger partial charge in [0.2, 0.25) is 0 Å². The number of hydrogen-bond donors (Lipinski definition) is 0. The first-order chi connectivity index (χ1) is 9.16. The summed E-state index contributed by atoms with van der Waals surface area (Å²) >= 11 is 0. The van der Waals surface area contributed by atoms with E-state index in [-0.39, 0.29) is 5.91 Å². The fraction of sp³-hybridized carbons (Fsp3) is 0.400. The maximum absolute atomic E-state index is 12.7. The average Bonchev–Trinajstić information content (AvgIpc) is 2.81. The molecule has 1 aromatic heterocycles. The molecule has 4 heteroatoms. The first-order valence-corrected chi connectivity index (χ1v) is 6.68. The number of benzene rings is 1. The van der Waals surface area contributed by atoms with Gasteiger partial charge in [-0.05, 0) is 19.2 Å². The molecule has 1 aromatic carbocycles. The van der Waals surface area contributed by atoms with Crippen LogP contribution in [0.2, 0.25) is 0 Å². The van der Waals surface area contributed by atoms with E-state index in [4.69, 9.17) is 0 Å². The fourth-order valence-electron chi connectivity index (χ4n) is 2.71. The lowest BCUT2D eigenvalue weighted by Crippen LogP contribution is -2.47. The van der Waals surface area contributed by atoms with Crippen molar-refractivity contribution in [3.8, 4) is 0 Å². The number of likely N-dealkylation sites (N-methyl/N-ethyl adjacent to an activating group) is 1. The van der Waals surface area contributed by atoms with Gasteiger partial charge in [0, 0.05) is 44.8 Å². The molecule has 1 fully saturated rings. The number of fused-ring (bicyclic) bond motifs is 1. The molecule has 0 bridgehead atoms. The molecule has 3 rings (SSSR count). The van der Waals surface area contributed by atoms with Crippen LogP contribution in [0, 0.1) is 0 Å². The lowest BCUT2D eigenvalue weighted by molar-refractivity contribution is 0.0665. The molecule has 0 spiro atoms. The van der Waals surface area contributed by atoms with E-state index in [9.17, 15) is 4.79 Å². The molecule has 0 N–H and O–H groups in total. The van der Waals surface area contributed by atoms with Crippen molar-refractivity contribution < 1.29 is 4.79 Å². The van der Waals surface area contributed by atoms with E-state index < -0.39 is 0 Å². The number of piperazine rings is 1. The number of aromatic nitrogens is 1. The van der Waals surface area contributed by atoms with Crippen molar-refractivity contribution in [2.75, 3.05) is 33.2 Å². The normalized spacial score (nSPS) is 17.1. The van der Waals surface area contributed by atoms with Crippen molar-refractivity contribution in [3.63, 3.8) is 0 Å². The Morgan fingerprint density at radius 3 is 2.53 bits per heavy atom. The molecule has 1 amide bonds. The van der Waals surface area contributed by atoms with Gasteiger partial charge in [0.05, 0.1) is 11.1 Å². The second-order valence-corrected chi connectivity index (χ2v) is 5.27. The summed E-state index contributed by atoms with van der Waals surface area (Å²) in [6, 6.07) is 8.00. The van der Waals surface area contributed by atoms with E-state index in [0.29, 0.717) is 0 Å². The molecular formula is C15H19N3O. The van der Waals surface area contributed by atoms with Crippen LogP contribution in [0.1, 0.15) is 10.4 Å². The second-order valence-electron chi connectivity index (χ2n) is 5.27. The third kappa shape index (κ3) is 2.12. The quantitative estimate of drug-likeness (QED) is 0.776. The summed E-state index contributed by atoms with van der Waals surface area (Å²) in [4.78, 5) is 16.9. The smallest absolute Gasteiger partial charge is 0.256 e. The Morgan fingerprint density at radius 2 is 1.79 bits per heavy atom. The van der Waals surface area contributed by atoms with Gasteiger partial charge < -0.3 is 14.4 Å². The summed E-state index contributed by atoms with van der Waals surface area (Å²) in [6.07, 6.45) is 2.01. The highest BCUT2D eigenvalue weighted by molar-refractivity contribution is 6.06. The number of para-hydroxylation sites is 1. The van der Waals surface area contributed by atoms with Gasteiger partial charge >= 0.3 is 0 Å². The Hall–Kier alpha value is -1.81.